The number of ketones is 1. The van der Waals surface area contributed by atoms with Gasteiger partial charge in [-0.3, -0.25) is 4.79 Å². The van der Waals surface area contributed by atoms with E-state index in [1.807, 2.05) is 30.3 Å². The number of benzene rings is 2. The highest BCUT2D eigenvalue weighted by molar-refractivity contribution is 5.88. The van der Waals surface area contributed by atoms with E-state index in [0.29, 0.717) is 19.3 Å². The van der Waals surface area contributed by atoms with Gasteiger partial charge in [-0.2, -0.15) is 0 Å². The summed E-state index contributed by atoms with van der Waals surface area (Å²) in [6.45, 7) is 0. The number of hydrogen-bond acceptors (Lipinski definition) is 1. The molecule has 0 bridgehead atoms. The lowest BCUT2D eigenvalue weighted by atomic mass is 9.79. The fourth-order valence-corrected chi connectivity index (χ4v) is 2.81. The average Bonchev–Trinajstić information content (AvgIpc) is 2.43. The summed E-state index contributed by atoms with van der Waals surface area (Å²) in [5.41, 5.74) is 3.14. The molecule has 1 atom stereocenters. The maximum atomic E-state index is 13.3. The van der Waals surface area contributed by atoms with E-state index in [2.05, 4.69) is 0 Å². The molecule has 0 fully saturated rings. The monoisotopic (exact) mass is 254 g/mol. The van der Waals surface area contributed by atoms with Crippen molar-refractivity contribution in [3.8, 4) is 0 Å². The normalized spacial score (nSPS) is 18.2. The van der Waals surface area contributed by atoms with Crippen LogP contribution in [-0.4, -0.2) is 5.78 Å². The molecule has 2 aromatic carbocycles. The highest BCUT2D eigenvalue weighted by Crippen LogP contribution is 2.32. The summed E-state index contributed by atoms with van der Waals surface area (Å²) in [7, 11) is 0. The molecule has 1 aliphatic rings. The first kappa shape index (κ1) is 12.1. The lowest BCUT2D eigenvalue weighted by molar-refractivity contribution is -0.120. The molecule has 3 rings (SSSR count). The van der Waals surface area contributed by atoms with Crippen molar-refractivity contribution < 1.29 is 9.18 Å². The summed E-state index contributed by atoms with van der Waals surface area (Å²) in [6.07, 6.45) is 1.89. The van der Waals surface area contributed by atoms with E-state index in [1.54, 1.807) is 12.1 Å². The molecule has 0 aromatic heterocycles. The molecule has 1 unspecified atom stereocenters. The minimum Gasteiger partial charge on any atom is -0.299 e. The van der Waals surface area contributed by atoms with Crippen LogP contribution in [0.15, 0.2) is 48.5 Å². The van der Waals surface area contributed by atoms with Gasteiger partial charge in [0.2, 0.25) is 0 Å². The van der Waals surface area contributed by atoms with Crippen LogP contribution in [0, 0.1) is 5.82 Å². The van der Waals surface area contributed by atoms with Gasteiger partial charge < -0.3 is 0 Å². The third kappa shape index (κ3) is 2.43. The minimum atomic E-state index is -0.216. The molecule has 1 aliphatic carbocycles. The first-order valence-corrected chi connectivity index (χ1v) is 6.59. The summed E-state index contributed by atoms with van der Waals surface area (Å²) in [4.78, 5) is 12.2. The van der Waals surface area contributed by atoms with Crippen molar-refractivity contribution in [2.45, 2.75) is 25.2 Å². The highest BCUT2D eigenvalue weighted by atomic mass is 19.1. The van der Waals surface area contributed by atoms with E-state index >= 15 is 0 Å². The van der Waals surface area contributed by atoms with Gasteiger partial charge in [0.05, 0.1) is 0 Å². The van der Waals surface area contributed by atoms with Crippen molar-refractivity contribution >= 4 is 5.78 Å². The van der Waals surface area contributed by atoms with Crippen LogP contribution < -0.4 is 0 Å². The summed E-state index contributed by atoms with van der Waals surface area (Å²) >= 11 is 0. The molecule has 0 saturated heterocycles. The van der Waals surface area contributed by atoms with Gasteiger partial charge in [0.1, 0.15) is 11.6 Å². The first-order chi connectivity index (χ1) is 9.24. The van der Waals surface area contributed by atoms with Crippen molar-refractivity contribution in [2.24, 2.45) is 0 Å². The van der Waals surface area contributed by atoms with Crippen molar-refractivity contribution in [1.29, 1.82) is 0 Å². The SMILES string of the molecule is O=C1CCc2cc(F)ccc2C1Cc1ccccc1. The summed E-state index contributed by atoms with van der Waals surface area (Å²) in [5, 5.41) is 0. The van der Waals surface area contributed by atoms with Crippen LogP contribution in [0.25, 0.3) is 0 Å². The van der Waals surface area contributed by atoms with Gasteiger partial charge in [-0.1, -0.05) is 36.4 Å². The lowest BCUT2D eigenvalue weighted by Gasteiger charge is -2.24. The zero-order chi connectivity index (χ0) is 13.2. The summed E-state index contributed by atoms with van der Waals surface area (Å²) in [6, 6.07) is 14.8. The number of Topliss-reactive ketones (excluding diaryl/α,β-unsaturated/α-hetero) is 1. The van der Waals surface area contributed by atoms with Gasteiger partial charge in [-0.15, -0.1) is 0 Å². The smallest absolute Gasteiger partial charge is 0.141 e. The van der Waals surface area contributed by atoms with Crippen molar-refractivity contribution in [3.63, 3.8) is 0 Å². The number of carbonyl (C=O) groups excluding carboxylic acids is 1. The zero-order valence-corrected chi connectivity index (χ0v) is 10.6. The van der Waals surface area contributed by atoms with E-state index < -0.39 is 0 Å². The standard InChI is InChI=1S/C17H15FO/c18-14-7-8-15-13(11-14)6-9-17(19)16(15)10-12-4-2-1-3-5-12/h1-5,7-8,11,16H,6,9-10H2. The second-order valence-electron chi connectivity index (χ2n) is 5.05. The Bertz CT molecular complexity index is 604. The molecular weight excluding hydrogens is 239 g/mol. The molecule has 0 spiro atoms. The second-order valence-corrected chi connectivity index (χ2v) is 5.05. The molecule has 0 saturated carbocycles. The maximum Gasteiger partial charge on any atom is 0.141 e. The lowest BCUT2D eigenvalue weighted by Crippen LogP contribution is -2.22. The van der Waals surface area contributed by atoms with E-state index in [-0.39, 0.29) is 17.5 Å². The zero-order valence-electron chi connectivity index (χ0n) is 10.6. The third-order valence-corrected chi connectivity index (χ3v) is 3.79. The summed E-state index contributed by atoms with van der Waals surface area (Å²) < 4.78 is 13.3. The fourth-order valence-electron chi connectivity index (χ4n) is 2.81. The number of fused-ring (bicyclic) bond motifs is 1. The number of carbonyl (C=O) groups is 1. The van der Waals surface area contributed by atoms with Crippen LogP contribution in [0.1, 0.15) is 29.0 Å². The van der Waals surface area contributed by atoms with Crippen LogP contribution in [-0.2, 0) is 17.6 Å². The highest BCUT2D eigenvalue weighted by Gasteiger charge is 2.27. The Morgan fingerprint density at radius 3 is 2.63 bits per heavy atom. The molecule has 19 heavy (non-hydrogen) atoms. The van der Waals surface area contributed by atoms with E-state index in [9.17, 15) is 9.18 Å². The Hall–Kier alpha value is -1.96. The quantitative estimate of drug-likeness (QED) is 0.799. The fraction of sp³-hybridized carbons (Fsp3) is 0.235. The summed E-state index contributed by atoms with van der Waals surface area (Å²) in [5.74, 6) is -0.0683. The number of rotatable bonds is 2. The van der Waals surface area contributed by atoms with Crippen LogP contribution >= 0.6 is 0 Å². The predicted octanol–water partition coefficient (Wildman–Crippen LogP) is 3.67. The predicted molar refractivity (Wildman–Crippen MR) is 72.6 cm³/mol. The average molecular weight is 254 g/mol. The van der Waals surface area contributed by atoms with Gasteiger partial charge in [0.25, 0.3) is 0 Å². The van der Waals surface area contributed by atoms with Gasteiger partial charge in [0, 0.05) is 12.3 Å². The molecule has 1 nitrogen and oxygen atoms in total. The Labute approximate surface area is 112 Å². The van der Waals surface area contributed by atoms with E-state index in [0.717, 1.165) is 16.7 Å². The number of hydrogen-bond donors (Lipinski definition) is 0. The molecule has 0 amide bonds. The van der Waals surface area contributed by atoms with E-state index in [1.165, 1.54) is 6.07 Å². The third-order valence-electron chi connectivity index (χ3n) is 3.79. The molecular formula is C17H15FO. The molecule has 0 N–H and O–H groups in total. The molecule has 0 heterocycles. The molecule has 0 radical (unpaired) electrons. The molecule has 0 aliphatic heterocycles. The molecule has 2 heteroatoms. The van der Waals surface area contributed by atoms with Crippen molar-refractivity contribution in [3.05, 3.63) is 71.0 Å². The maximum absolute atomic E-state index is 13.3. The minimum absolute atomic E-state index is 0.119. The largest absolute Gasteiger partial charge is 0.299 e. The molecule has 2 aromatic rings. The van der Waals surface area contributed by atoms with Gasteiger partial charge in [-0.25, -0.2) is 4.39 Å². The van der Waals surface area contributed by atoms with Crippen molar-refractivity contribution in [1.82, 2.24) is 0 Å². The van der Waals surface area contributed by atoms with Crippen LogP contribution in [0.3, 0.4) is 0 Å². The van der Waals surface area contributed by atoms with Gasteiger partial charge in [-0.05, 0) is 41.7 Å². The van der Waals surface area contributed by atoms with Crippen molar-refractivity contribution in [2.75, 3.05) is 0 Å². The topological polar surface area (TPSA) is 17.1 Å². The number of halogens is 1. The Kier molecular flexibility index (Phi) is 3.16. The Balaban J connectivity index is 1.95. The Morgan fingerprint density at radius 1 is 1.05 bits per heavy atom. The Morgan fingerprint density at radius 2 is 1.84 bits per heavy atom. The molecule has 96 valence electrons. The van der Waals surface area contributed by atoms with Gasteiger partial charge >= 0.3 is 0 Å². The van der Waals surface area contributed by atoms with Crippen LogP contribution in [0.5, 0.6) is 0 Å². The van der Waals surface area contributed by atoms with Crippen LogP contribution in [0.4, 0.5) is 4.39 Å². The first-order valence-electron chi connectivity index (χ1n) is 6.59. The second kappa shape index (κ2) is 4.96. The van der Waals surface area contributed by atoms with E-state index in [4.69, 9.17) is 0 Å². The number of aryl methyl sites for hydroxylation is 1. The van der Waals surface area contributed by atoms with Gasteiger partial charge in [0.15, 0.2) is 0 Å². The van der Waals surface area contributed by atoms with Crippen LogP contribution in [0.2, 0.25) is 0 Å².